The predicted octanol–water partition coefficient (Wildman–Crippen LogP) is 4.65. The van der Waals surface area contributed by atoms with Crippen molar-refractivity contribution < 1.29 is 22.4 Å². The summed E-state index contributed by atoms with van der Waals surface area (Å²) in [5.74, 6) is 0.523. The smallest absolute Gasteiger partial charge is 0.339 e. The van der Waals surface area contributed by atoms with Crippen LogP contribution in [-0.2, 0) is 14.8 Å². The van der Waals surface area contributed by atoms with E-state index in [0.717, 1.165) is 12.8 Å². The molecule has 0 radical (unpaired) electrons. The molecule has 0 saturated carbocycles. The van der Waals surface area contributed by atoms with Crippen molar-refractivity contribution in [1.82, 2.24) is 0 Å². The highest BCUT2D eigenvalue weighted by Crippen LogP contribution is 2.27. The number of hydrogen-bond donors (Lipinski definition) is 2. The Morgan fingerprint density at radius 2 is 1.94 bits per heavy atom. The lowest BCUT2D eigenvalue weighted by atomic mass is 10.1. The Bertz CT molecular complexity index is 1220. The summed E-state index contributed by atoms with van der Waals surface area (Å²) in [4.78, 5) is 12.3. The molecule has 2 aromatic carbocycles. The number of ether oxygens (including phenoxy) is 1. The Morgan fingerprint density at radius 1 is 1.19 bits per heavy atom. The number of sulfonamides is 1. The normalized spacial score (nSPS) is 11.6. The van der Waals surface area contributed by atoms with Gasteiger partial charge in [0.15, 0.2) is 0 Å². The van der Waals surface area contributed by atoms with E-state index < -0.39 is 16.0 Å². The van der Waals surface area contributed by atoms with E-state index in [1.54, 1.807) is 42.5 Å². The first kappa shape index (κ1) is 23.5. The monoisotopic (exact) mass is 475 g/mol. The van der Waals surface area contributed by atoms with Gasteiger partial charge in [0, 0.05) is 5.56 Å². The number of benzene rings is 2. The fourth-order valence-corrected chi connectivity index (χ4v) is 3.40. The molecule has 1 aromatic heterocycles. The summed E-state index contributed by atoms with van der Waals surface area (Å²) in [6, 6.07) is 14.3. The molecule has 8 nitrogen and oxygen atoms in total. The number of esters is 1. The molecule has 0 unspecified atom stereocenters. The van der Waals surface area contributed by atoms with Crippen LogP contribution in [-0.4, -0.2) is 27.2 Å². The van der Waals surface area contributed by atoms with Crippen molar-refractivity contribution in [3.05, 3.63) is 70.9 Å². The molecule has 0 bridgehead atoms. The van der Waals surface area contributed by atoms with Crippen LogP contribution in [0.5, 0.6) is 0 Å². The number of anilines is 1. The minimum atomic E-state index is -3.74. The van der Waals surface area contributed by atoms with E-state index >= 15 is 0 Å². The van der Waals surface area contributed by atoms with Crippen molar-refractivity contribution in [3.8, 4) is 11.3 Å². The summed E-state index contributed by atoms with van der Waals surface area (Å²) in [5.41, 5.74) is 4.29. The summed E-state index contributed by atoms with van der Waals surface area (Å²) in [7, 11) is -3.74. The highest BCUT2D eigenvalue weighted by molar-refractivity contribution is 7.89. The van der Waals surface area contributed by atoms with Gasteiger partial charge in [-0.3, -0.25) is 5.43 Å². The first-order valence-electron chi connectivity index (χ1n) is 9.76. The second-order valence-corrected chi connectivity index (χ2v) is 8.79. The minimum Gasteiger partial charge on any atom is -0.462 e. The molecule has 0 aliphatic rings. The Balaban J connectivity index is 1.67. The van der Waals surface area contributed by atoms with Crippen molar-refractivity contribution in [2.24, 2.45) is 10.2 Å². The minimum absolute atomic E-state index is 0.0132. The summed E-state index contributed by atoms with van der Waals surface area (Å²) >= 11 is 6.16. The Hall–Kier alpha value is -3.14. The van der Waals surface area contributed by atoms with Crippen LogP contribution in [0.2, 0.25) is 5.02 Å². The summed E-state index contributed by atoms with van der Waals surface area (Å²) in [6.45, 7) is 2.36. The Morgan fingerprint density at radius 3 is 2.62 bits per heavy atom. The number of primary sulfonamides is 1. The van der Waals surface area contributed by atoms with E-state index in [9.17, 15) is 13.2 Å². The molecule has 0 atom stereocenters. The molecule has 0 fully saturated rings. The molecule has 0 aliphatic carbocycles. The van der Waals surface area contributed by atoms with Gasteiger partial charge in [0.1, 0.15) is 11.5 Å². The van der Waals surface area contributed by atoms with Gasteiger partial charge in [-0.15, -0.1) is 0 Å². The number of halogens is 1. The Labute approximate surface area is 191 Å². The van der Waals surface area contributed by atoms with E-state index in [1.807, 2.05) is 6.92 Å². The summed E-state index contributed by atoms with van der Waals surface area (Å²) in [5, 5.41) is 9.45. The number of carbonyl (C=O) groups is 1. The van der Waals surface area contributed by atoms with Gasteiger partial charge in [0.05, 0.1) is 34.0 Å². The first-order valence-corrected chi connectivity index (χ1v) is 11.7. The third kappa shape index (κ3) is 6.19. The van der Waals surface area contributed by atoms with Crippen molar-refractivity contribution in [2.45, 2.75) is 24.7 Å². The number of furan rings is 1. The number of nitrogens with one attached hydrogen (secondary N) is 1. The molecule has 0 saturated heterocycles. The average Bonchev–Trinajstić information content (AvgIpc) is 3.23. The number of nitrogens with two attached hydrogens (primary N) is 1. The number of hydrogen-bond acceptors (Lipinski definition) is 7. The van der Waals surface area contributed by atoms with E-state index in [-0.39, 0.29) is 10.5 Å². The zero-order chi connectivity index (χ0) is 23.1. The van der Waals surface area contributed by atoms with E-state index in [0.29, 0.717) is 34.4 Å². The highest BCUT2D eigenvalue weighted by atomic mass is 35.5. The van der Waals surface area contributed by atoms with Crippen LogP contribution in [0.4, 0.5) is 5.69 Å². The van der Waals surface area contributed by atoms with E-state index in [2.05, 4.69) is 10.5 Å². The van der Waals surface area contributed by atoms with E-state index in [4.69, 9.17) is 25.9 Å². The van der Waals surface area contributed by atoms with E-state index in [1.165, 1.54) is 18.3 Å². The van der Waals surface area contributed by atoms with Gasteiger partial charge in [-0.2, -0.15) is 5.10 Å². The maximum Gasteiger partial charge on any atom is 0.339 e. The number of hydrazone groups is 1. The molecule has 0 amide bonds. The molecule has 10 heteroatoms. The maximum absolute atomic E-state index is 12.3. The van der Waals surface area contributed by atoms with Crippen LogP contribution in [0, 0.1) is 0 Å². The van der Waals surface area contributed by atoms with Crippen molar-refractivity contribution >= 4 is 39.5 Å². The van der Waals surface area contributed by atoms with Crippen LogP contribution in [0.1, 0.15) is 35.9 Å². The molecule has 168 valence electrons. The van der Waals surface area contributed by atoms with Gasteiger partial charge in [0.25, 0.3) is 0 Å². The molecule has 1 heterocycles. The van der Waals surface area contributed by atoms with Crippen molar-refractivity contribution in [3.63, 3.8) is 0 Å². The van der Waals surface area contributed by atoms with Crippen molar-refractivity contribution in [1.29, 1.82) is 0 Å². The van der Waals surface area contributed by atoms with Crippen LogP contribution in [0.15, 0.2) is 69.0 Å². The molecule has 0 aliphatic heterocycles. The van der Waals surface area contributed by atoms with Crippen LogP contribution in [0.3, 0.4) is 0 Å². The van der Waals surface area contributed by atoms with Crippen LogP contribution >= 0.6 is 11.6 Å². The summed E-state index contributed by atoms with van der Waals surface area (Å²) < 4.78 is 33.6. The lowest BCUT2D eigenvalue weighted by molar-refractivity contribution is 0.0500. The Kier molecular flexibility index (Phi) is 7.68. The quantitative estimate of drug-likeness (QED) is 0.201. The first-order chi connectivity index (χ1) is 15.3. The fourth-order valence-electron chi connectivity index (χ4n) is 2.69. The summed E-state index contributed by atoms with van der Waals surface area (Å²) in [6.07, 6.45) is 3.18. The molecule has 3 N–H and O–H groups in total. The number of nitrogens with zero attached hydrogens (tertiary/aromatic N) is 1. The van der Waals surface area contributed by atoms with Gasteiger partial charge >= 0.3 is 5.97 Å². The predicted molar refractivity (Wildman–Crippen MR) is 123 cm³/mol. The number of carbonyl (C=O) groups excluding carboxylic acids is 1. The molecular weight excluding hydrogens is 454 g/mol. The van der Waals surface area contributed by atoms with Crippen LogP contribution < -0.4 is 10.6 Å². The second kappa shape index (κ2) is 10.4. The van der Waals surface area contributed by atoms with Crippen molar-refractivity contribution in [2.75, 3.05) is 12.0 Å². The lowest BCUT2D eigenvalue weighted by Crippen LogP contribution is -2.11. The molecule has 3 rings (SSSR count). The third-order valence-corrected chi connectivity index (χ3v) is 5.66. The highest BCUT2D eigenvalue weighted by Gasteiger charge is 2.15. The maximum atomic E-state index is 12.3. The largest absolute Gasteiger partial charge is 0.462 e. The SMILES string of the molecule is CCCCOC(=O)c1cc(-c2ccc(C=NNc3ccc(S(N)(=O)=O)cc3)o2)ccc1Cl. The standard InChI is InChI=1S/C22H22ClN3O5S/c1-2-3-12-30-22(27)19-13-15(4-10-20(19)23)21-11-7-17(31-21)14-25-26-16-5-8-18(9-6-16)32(24,28)29/h4-11,13-14,26H,2-3,12H2,1H3,(H2,24,28,29). The fraction of sp³-hybridized carbons (Fsp3) is 0.182. The van der Waals surface area contributed by atoms with Gasteiger partial charge in [0.2, 0.25) is 10.0 Å². The molecule has 32 heavy (non-hydrogen) atoms. The number of rotatable bonds is 9. The van der Waals surface area contributed by atoms with Gasteiger partial charge in [-0.1, -0.05) is 24.9 Å². The van der Waals surface area contributed by atoms with Gasteiger partial charge in [-0.25, -0.2) is 18.4 Å². The lowest BCUT2D eigenvalue weighted by Gasteiger charge is -2.07. The van der Waals surface area contributed by atoms with Gasteiger partial charge in [-0.05, 0) is 61.0 Å². The second-order valence-electron chi connectivity index (χ2n) is 6.83. The topological polar surface area (TPSA) is 124 Å². The molecule has 3 aromatic rings. The van der Waals surface area contributed by atoms with Gasteiger partial charge < -0.3 is 9.15 Å². The molecular formula is C22H22ClN3O5S. The zero-order valence-corrected chi connectivity index (χ0v) is 18.8. The average molecular weight is 476 g/mol. The van der Waals surface area contributed by atoms with Crippen LogP contribution in [0.25, 0.3) is 11.3 Å². The third-order valence-electron chi connectivity index (χ3n) is 4.40. The number of unbranched alkanes of at least 4 members (excludes halogenated alkanes) is 1. The molecule has 0 spiro atoms. The zero-order valence-electron chi connectivity index (χ0n) is 17.2.